The number of nitrogens with one attached hydrogen (secondary N) is 2. The van der Waals surface area contributed by atoms with Crippen LogP contribution in [0.5, 0.6) is 5.75 Å². The fourth-order valence-electron chi connectivity index (χ4n) is 3.98. The van der Waals surface area contributed by atoms with Gasteiger partial charge in [0, 0.05) is 26.1 Å². The lowest BCUT2D eigenvalue weighted by molar-refractivity contribution is -0.121. The monoisotopic (exact) mass is 375 g/mol. The third-order valence-electron chi connectivity index (χ3n) is 5.72. The maximum absolute atomic E-state index is 12.4. The van der Waals surface area contributed by atoms with Crippen LogP contribution in [0, 0.1) is 5.92 Å². The van der Waals surface area contributed by atoms with E-state index in [0.717, 1.165) is 51.6 Å². The third-order valence-corrected chi connectivity index (χ3v) is 5.72. The van der Waals surface area contributed by atoms with Crippen LogP contribution in [0.1, 0.15) is 37.3 Å². The van der Waals surface area contributed by atoms with Crippen molar-refractivity contribution in [2.75, 3.05) is 53.0 Å². The molecule has 0 bridgehead atoms. The van der Waals surface area contributed by atoms with Crippen LogP contribution in [0.25, 0.3) is 0 Å². The Morgan fingerprint density at radius 2 is 1.96 bits per heavy atom. The second-order valence-corrected chi connectivity index (χ2v) is 7.47. The van der Waals surface area contributed by atoms with Crippen LogP contribution in [0.2, 0.25) is 0 Å². The number of nitrogens with zero attached hydrogens (tertiary/aromatic N) is 1. The molecule has 6 heteroatoms. The van der Waals surface area contributed by atoms with E-state index in [1.54, 1.807) is 7.11 Å². The molecule has 1 atom stereocenters. The molecule has 0 radical (unpaired) electrons. The van der Waals surface area contributed by atoms with Crippen LogP contribution >= 0.6 is 0 Å². The molecule has 2 aliphatic heterocycles. The smallest absolute Gasteiger partial charge is 0.220 e. The number of methoxy groups -OCH3 is 1. The van der Waals surface area contributed by atoms with Gasteiger partial charge < -0.3 is 20.1 Å². The number of morpholine rings is 1. The number of ether oxygens (including phenoxy) is 2. The second-order valence-electron chi connectivity index (χ2n) is 7.47. The molecule has 2 aliphatic rings. The molecule has 2 N–H and O–H groups in total. The highest BCUT2D eigenvalue weighted by Crippen LogP contribution is 2.24. The lowest BCUT2D eigenvalue weighted by Crippen LogP contribution is -2.43. The Labute approximate surface area is 162 Å². The van der Waals surface area contributed by atoms with E-state index in [9.17, 15) is 4.79 Å². The Balaban J connectivity index is 1.54. The van der Waals surface area contributed by atoms with Crippen molar-refractivity contribution in [1.82, 2.24) is 15.5 Å². The molecular formula is C21H33N3O3. The summed E-state index contributed by atoms with van der Waals surface area (Å²) in [5.41, 5.74) is 1.20. The summed E-state index contributed by atoms with van der Waals surface area (Å²) in [6, 6.07) is 8.34. The molecule has 0 saturated carbocycles. The van der Waals surface area contributed by atoms with Gasteiger partial charge in [-0.05, 0) is 56.0 Å². The van der Waals surface area contributed by atoms with Crippen LogP contribution in [0.4, 0.5) is 0 Å². The number of carbonyl (C=O) groups is 1. The first-order valence-corrected chi connectivity index (χ1v) is 10.2. The Hall–Kier alpha value is -1.63. The van der Waals surface area contributed by atoms with Gasteiger partial charge >= 0.3 is 0 Å². The largest absolute Gasteiger partial charge is 0.497 e. The maximum Gasteiger partial charge on any atom is 0.220 e. The fraction of sp³-hybridized carbons (Fsp3) is 0.667. The minimum atomic E-state index is 0.167. The minimum absolute atomic E-state index is 0.167. The van der Waals surface area contributed by atoms with Crippen LogP contribution < -0.4 is 15.4 Å². The van der Waals surface area contributed by atoms with Gasteiger partial charge in [-0.15, -0.1) is 0 Å². The van der Waals surface area contributed by atoms with E-state index in [-0.39, 0.29) is 11.9 Å². The molecule has 6 nitrogen and oxygen atoms in total. The van der Waals surface area contributed by atoms with E-state index < -0.39 is 0 Å². The quantitative estimate of drug-likeness (QED) is 0.727. The van der Waals surface area contributed by atoms with Gasteiger partial charge in [-0.2, -0.15) is 0 Å². The summed E-state index contributed by atoms with van der Waals surface area (Å²) in [5, 5.41) is 6.56. The molecule has 0 spiro atoms. The van der Waals surface area contributed by atoms with Crippen molar-refractivity contribution < 1.29 is 14.3 Å². The Bertz CT molecular complexity index is 567. The van der Waals surface area contributed by atoms with Crippen LogP contribution in [-0.2, 0) is 9.53 Å². The molecule has 1 aromatic carbocycles. The highest BCUT2D eigenvalue weighted by atomic mass is 16.5. The van der Waals surface area contributed by atoms with Crippen molar-refractivity contribution in [3.8, 4) is 5.75 Å². The maximum atomic E-state index is 12.4. The number of hydrogen-bond acceptors (Lipinski definition) is 5. The van der Waals surface area contributed by atoms with Crippen molar-refractivity contribution in [2.24, 2.45) is 5.92 Å². The van der Waals surface area contributed by atoms with Crippen LogP contribution in [0.15, 0.2) is 24.3 Å². The average Bonchev–Trinajstić information content (AvgIpc) is 2.74. The third kappa shape index (κ3) is 6.19. The van der Waals surface area contributed by atoms with Crippen molar-refractivity contribution >= 4 is 5.91 Å². The molecule has 2 fully saturated rings. The first kappa shape index (κ1) is 20.1. The zero-order valence-electron chi connectivity index (χ0n) is 16.4. The van der Waals surface area contributed by atoms with Gasteiger partial charge in [0.05, 0.1) is 26.4 Å². The number of rotatable bonds is 8. The van der Waals surface area contributed by atoms with E-state index in [2.05, 4.69) is 27.7 Å². The summed E-state index contributed by atoms with van der Waals surface area (Å²) in [7, 11) is 1.68. The lowest BCUT2D eigenvalue weighted by Gasteiger charge is -2.35. The van der Waals surface area contributed by atoms with Crippen molar-refractivity contribution in [1.29, 1.82) is 0 Å². The Morgan fingerprint density at radius 3 is 2.63 bits per heavy atom. The van der Waals surface area contributed by atoms with E-state index in [1.165, 1.54) is 18.4 Å². The van der Waals surface area contributed by atoms with Gasteiger partial charge in [0.15, 0.2) is 0 Å². The van der Waals surface area contributed by atoms with E-state index in [0.29, 0.717) is 18.9 Å². The molecule has 0 aromatic heterocycles. The molecule has 1 aromatic rings. The average molecular weight is 376 g/mol. The van der Waals surface area contributed by atoms with Gasteiger partial charge in [0.2, 0.25) is 5.91 Å². The van der Waals surface area contributed by atoms with Crippen LogP contribution in [0.3, 0.4) is 0 Å². The summed E-state index contributed by atoms with van der Waals surface area (Å²) in [6.07, 6.45) is 4.01. The normalized spacial score (nSPS) is 20.2. The standard InChI is InChI=1S/C21H33N3O3/c1-26-19-5-3-18(4-6-19)20(24-12-14-27-15-13-24)16-23-21(25)7-2-17-8-10-22-11-9-17/h3-6,17,20,22H,2,7-16H2,1H3,(H,23,25). The molecule has 1 amide bonds. The summed E-state index contributed by atoms with van der Waals surface area (Å²) >= 11 is 0. The predicted octanol–water partition coefficient (Wildman–Crippen LogP) is 1.96. The van der Waals surface area contributed by atoms with Crippen LogP contribution in [-0.4, -0.2) is 63.9 Å². The minimum Gasteiger partial charge on any atom is -0.497 e. The first-order chi connectivity index (χ1) is 13.3. The Morgan fingerprint density at radius 1 is 1.26 bits per heavy atom. The van der Waals surface area contributed by atoms with E-state index in [4.69, 9.17) is 9.47 Å². The van der Waals surface area contributed by atoms with Crippen molar-refractivity contribution in [3.05, 3.63) is 29.8 Å². The van der Waals surface area contributed by atoms with Gasteiger partial charge in [-0.1, -0.05) is 12.1 Å². The molecule has 150 valence electrons. The van der Waals surface area contributed by atoms with E-state index >= 15 is 0 Å². The summed E-state index contributed by atoms with van der Waals surface area (Å²) in [4.78, 5) is 14.8. The zero-order valence-corrected chi connectivity index (χ0v) is 16.4. The summed E-state index contributed by atoms with van der Waals surface area (Å²) in [5.74, 6) is 1.71. The number of carbonyl (C=O) groups excluding carboxylic acids is 1. The highest BCUT2D eigenvalue weighted by molar-refractivity contribution is 5.75. The van der Waals surface area contributed by atoms with Gasteiger partial charge in [0.1, 0.15) is 5.75 Å². The number of amides is 1. The number of benzene rings is 1. The second kappa shape index (κ2) is 10.6. The molecule has 2 heterocycles. The van der Waals surface area contributed by atoms with Gasteiger partial charge in [-0.25, -0.2) is 0 Å². The van der Waals surface area contributed by atoms with Crippen molar-refractivity contribution in [2.45, 2.75) is 31.7 Å². The van der Waals surface area contributed by atoms with E-state index in [1.807, 2.05) is 12.1 Å². The molecular weight excluding hydrogens is 342 g/mol. The summed E-state index contributed by atoms with van der Waals surface area (Å²) in [6.45, 7) is 6.08. The first-order valence-electron chi connectivity index (χ1n) is 10.2. The molecule has 0 aliphatic carbocycles. The Kier molecular flexibility index (Phi) is 7.93. The SMILES string of the molecule is COc1ccc(C(CNC(=O)CCC2CCNCC2)N2CCOCC2)cc1. The molecule has 3 rings (SSSR count). The number of hydrogen-bond donors (Lipinski definition) is 2. The summed E-state index contributed by atoms with van der Waals surface area (Å²) < 4.78 is 10.8. The van der Waals surface area contributed by atoms with Gasteiger partial charge in [-0.3, -0.25) is 9.69 Å². The molecule has 1 unspecified atom stereocenters. The molecule has 2 saturated heterocycles. The molecule has 27 heavy (non-hydrogen) atoms. The van der Waals surface area contributed by atoms with Gasteiger partial charge in [0.25, 0.3) is 0 Å². The van der Waals surface area contributed by atoms with Crippen molar-refractivity contribution in [3.63, 3.8) is 0 Å². The zero-order chi connectivity index (χ0) is 18.9. The lowest BCUT2D eigenvalue weighted by atomic mass is 9.93. The number of piperidine rings is 1. The fourth-order valence-corrected chi connectivity index (χ4v) is 3.98. The highest BCUT2D eigenvalue weighted by Gasteiger charge is 2.23. The topological polar surface area (TPSA) is 62.8 Å². The predicted molar refractivity (Wildman–Crippen MR) is 106 cm³/mol.